The number of hydrogen-bond acceptors (Lipinski definition) is 3. The van der Waals surface area contributed by atoms with Gasteiger partial charge in [0.15, 0.2) is 0 Å². The first-order chi connectivity index (χ1) is 18.9. The molecule has 0 unspecified atom stereocenters. The van der Waals surface area contributed by atoms with Crippen LogP contribution >= 0.6 is 0 Å². The van der Waals surface area contributed by atoms with Crippen LogP contribution in [0.25, 0.3) is 0 Å². The van der Waals surface area contributed by atoms with E-state index in [0.29, 0.717) is 12.3 Å². The SMILES string of the molecule is C[C@H](/C=C/C[C@@H](C)C=O)C/C=C/[C@H](C)[C@H](C)OCc1ccc(OCCCC(F)(F)C(F)(F)C(F)(F)C(F)(F)F)cc1. The topological polar surface area (TPSA) is 35.5 Å². The van der Waals surface area contributed by atoms with Crippen LogP contribution in [-0.4, -0.2) is 42.9 Å². The van der Waals surface area contributed by atoms with Crippen LogP contribution in [0.2, 0.25) is 0 Å². The van der Waals surface area contributed by atoms with Gasteiger partial charge in [0.2, 0.25) is 0 Å². The Labute approximate surface area is 234 Å². The number of ether oxygens (including phenoxy) is 2. The van der Waals surface area contributed by atoms with E-state index in [1.807, 2.05) is 26.8 Å². The van der Waals surface area contributed by atoms with Gasteiger partial charge in [-0.3, -0.25) is 0 Å². The third-order valence-corrected chi connectivity index (χ3v) is 6.44. The van der Waals surface area contributed by atoms with Gasteiger partial charge >= 0.3 is 23.9 Å². The molecule has 0 aromatic heterocycles. The van der Waals surface area contributed by atoms with Gasteiger partial charge in [0.05, 0.1) is 19.3 Å². The summed E-state index contributed by atoms with van der Waals surface area (Å²) in [6.07, 6.45) is 0.927. The molecule has 0 radical (unpaired) electrons. The van der Waals surface area contributed by atoms with Crippen molar-refractivity contribution in [1.29, 1.82) is 0 Å². The fourth-order valence-corrected chi connectivity index (χ4v) is 3.43. The Hall–Kier alpha value is -2.50. The van der Waals surface area contributed by atoms with Crippen molar-refractivity contribution in [3.8, 4) is 5.75 Å². The van der Waals surface area contributed by atoms with Crippen LogP contribution in [0.3, 0.4) is 0 Å². The minimum atomic E-state index is -6.89. The number of benzene rings is 1. The standard InChI is InChI=1S/C29H37F9O3/c1-20(8-5-10-21(2)18-39)9-6-11-22(3)23(4)41-19-24-12-14-25(15-13-24)40-17-7-16-26(30,31)27(32,33)28(34,35)29(36,37)38/h5-6,8,11-15,18,20-23H,7,9-10,16-17,19H2,1-4H3/b8-5+,11-6+/t20-,21-,22+,23+/m1/s1. The molecule has 0 bridgehead atoms. The zero-order chi connectivity index (χ0) is 31.5. The third-order valence-electron chi connectivity index (χ3n) is 6.44. The number of rotatable bonds is 18. The van der Waals surface area contributed by atoms with E-state index < -0.39 is 43.4 Å². The number of carbonyl (C=O) groups excluding carboxylic acids is 1. The Morgan fingerprint density at radius 3 is 1.90 bits per heavy atom. The summed E-state index contributed by atoms with van der Waals surface area (Å²) in [6, 6.07) is 6.16. The minimum absolute atomic E-state index is 0.00242. The monoisotopic (exact) mass is 604 g/mol. The lowest BCUT2D eigenvalue weighted by atomic mass is 10.00. The van der Waals surface area contributed by atoms with Gasteiger partial charge < -0.3 is 14.3 Å². The maximum Gasteiger partial charge on any atom is 0.460 e. The van der Waals surface area contributed by atoms with E-state index in [2.05, 4.69) is 25.2 Å². The summed E-state index contributed by atoms with van der Waals surface area (Å²) < 4.78 is 127. The van der Waals surface area contributed by atoms with Crippen molar-refractivity contribution in [2.75, 3.05) is 6.61 Å². The van der Waals surface area contributed by atoms with Gasteiger partial charge in [-0.25, -0.2) is 0 Å². The summed E-state index contributed by atoms with van der Waals surface area (Å²) >= 11 is 0. The van der Waals surface area contributed by atoms with Gasteiger partial charge in [-0.15, -0.1) is 0 Å². The fraction of sp³-hybridized carbons (Fsp3) is 0.621. The molecular weight excluding hydrogens is 567 g/mol. The van der Waals surface area contributed by atoms with E-state index in [1.165, 1.54) is 12.1 Å². The third kappa shape index (κ3) is 11.0. The van der Waals surface area contributed by atoms with Gasteiger partial charge in [-0.2, -0.15) is 39.5 Å². The van der Waals surface area contributed by atoms with E-state index in [9.17, 15) is 44.3 Å². The average Bonchev–Trinajstić information content (AvgIpc) is 2.89. The largest absolute Gasteiger partial charge is 0.494 e. The molecular formula is C29H37F9O3. The number of allylic oxidation sites excluding steroid dienone is 3. The predicted octanol–water partition coefficient (Wildman–Crippen LogP) is 9.22. The van der Waals surface area contributed by atoms with Crippen molar-refractivity contribution >= 4 is 6.29 Å². The van der Waals surface area contributed by atoms with E-state index in [1.54, 1.807) is 12.1 Å². The van der Waals surface area contributed by atoms with Crippen molar-refractivity contribution in [2.45, 2.75) is 90.0 Å². The summed E-state index contributed by atoms with van der Waals surface area (Å²) in [5, 5.41) is 0. The first-order valence-corrected chi connectivity index (χ1v) is 13.2. The Morgan fingerprint density at radius 1 is 0.780 bits per heavy atom. The second-order valence-electron chi connectivity index (χ2n) is 10.2. The van der Waals surface area contributed by atoms with Crippen molar-refractivity contribution in [3.63, 3.8) is 0 Å². The molecule has 0 spiro atoms. The maximum absolute atomic E-state index is 13.6. The zero-order valence-electron chi connectivity index (χ0n) is 23.4. The van der Waals surface area contributed by atoms with Crippen molar-refractivity contribution in [2.24, 2.45) is 17.8 Å². The smallest absolute Gasteiger partial charge is 0.460 e. The molecule has 234 valence electrons. The molecule has 3 nitrogen and oxygen atoms in total. The summed E-state index contributed by atoms with van der Waals surface area (Å²) in [5.74, 6) is -18.5. The highest BCUT2D eigenvalue weighted by Crippen LogP contribution is 2.54. The predicted molar refractivity (Wildman–Crippen MR) is 137 cm³/mol. The van der Waals surface area contributed by atoms with E-state index in [4.69, 9.17) is 9.47 Å². The van der Waals surface area contributed by atoms with Crippen LogP contribution in [0.5, 0.6) is 5.75 Å². The number of halogens is 9. The van der Waals surface area contributed by atoms with Crippen LogP contribution < -0.4 is 4.74 Å². The van der Waals surface area contributed by atoms with Crippen LogP contribution in [0.4, 0.5) is 39.5 Å². The van der Waals surface area contributed by atoms with Crippen molar-refractivity contribution in [3.05, 3.63) is 54.1 Å². The molecule has 0 aliphatic carbocycles. The molecule has 1 aromatic carbocycles. The lowest BCUT2D eigenvalue weighted by molar-refractivity contribution is -0.396. The first-order valence-electron chi connectivity index (χ1n) is 13.2. The molecule has 0 saturated carbocycles. The van der Waals surface area contributed by atoms with Gasteiger partial charge in [0.25, 0.3) is 0 Å². The Morgan fingerprint density at radius 2 is 1.34 bits per heavy atom. The van der Waals surface area contributed by atoms with Crippen LogP contribution in [-0.2, 0) is 16.1 Å². The summed E-state index contributed by atoms with van der Waals surface area (Å²) in [6.45, 7) is 7.52. The summed E-state index contributed by atoms with van der Waals surface area (Å²) in [7, 11) is 0. The molecule has 1 aromatic rings. The van der Waals surface area contributed by atoms with Gasteiger partial charge in [-0.1, -0.05) is 57.2 Å². The second kappa shape index (κ2) is 15.7. The number of carbonyl (C=O) groups is 1. The molecule has 41 heavy (non-hydrogen) atoms. The molecule has 4 atom stereocenters. The molecule has 0 amide bonds. The minimum Gasteiger partial charge on any atom is -0.494 e. The normalized spacial score (nSPS) is 16.6. The van der Waals surface area contributed by atoms with Gasteiger partial charge in [0, 0.05) is 12.3 Å². The molecule has 1 rings (SSSR count). The Balaban J connectivity index is 2.47. The lowest BCUT2D eigenvalue weighted by Gasteiger charge is -2.33. The van der Waals surface area contributed by atoms with Crippen LogP contribution in [0, 0.1) is 17.8 Å². The van der Waals surface area contributed by atoms with E-state index in [0.717, 1.165) is 18.3 Å². The fourth-order valence-electron chi connectivity index (χ4n) is 3.43. The van der Waals surface area contributed by atoms with E-state index in [-0.39, 0.29) is 30.3 Å². The molecule has 0 aliphatic heterocycles. The lowest BCUT2D eigenvalue weighted by Crippen LogP contribution is -2.60. The Kier molecular flexibility index (Phi) is 13.9. The highest BCUT2D eigenvalue weighted by atomic mass is 19.4. The Bertz CT molecular complexity index is 973. The molecule has 0 fully saturated rings. The average molecular weight is 605 g/mol. The molecule has 0 N–H and O–H groups in total. The maximum atomic E-state index is 13.6. The highest BCUT2D eigenvalue weighted by Gasteiger charge is 2.81. The van der Waals surface area contributed by atoms with Crippen molar-refractivity contribution < 1.29 is 53.8 Å². The number of hydrogen-bond donors (Lipinski definition) is 0. The van der Waals surface area contributed by atoms with Gasteiger partial charge in [-0.05, 0) is 55.7 Å². The van der Waals surface area contributed by atoms with Crippen LogP contribution in [0.15, 0.2) is 48.6 Å². The molecule has 0 heterocycles. The van der Waals surface area contributed by atoms with Crippen molar-refractivity contribution in [1.82, 2.24) is 0 Å². The quantitative estimate of drug-likeness (QED) is 0.0726. The number of alkyl halides is 9. The van der Waals surface area contributed by atoms with Crippen LogP contribution in [0.1, 0.15) is 58.9 Å². The van der Waals surface area contributed by atoms with Gasteiger partial charge in [0.1, 0.15) is 12.0 Å². The first kappa shape index (κ1) is 36.5. The summed E-state index contributed by atoms with van der Waals surface area (Å²) in [5.41, 5.74) is 0.754. The zero-order valence-corrected chi connectivity index (χ0v) is 23.4. The molecule has 0 saturated heterocycles. The highest BCUT2D eigenvalue weighted by molar-refractivity contribution is 5.52. The molecule has 12 heteroatoms. The molecule has 0 aliphatic rings. The number of aldehydes is 1. The van der Waals surface area contributed by atoms with E-state index >= 15 is 0 Å². The second-order valence-corrected chi connectivity index (χ2v) is 10.2. The summed E-state index contributed by atoms with van der Waals surface area (Å²) in [4.78, 5) is 10.7.